The van der Waals surface area contributed by atoms with E-state index in [0.29, 0.717) is 19.1 Å². The molecule has 0 N–H and O–H groups in total. The molecule has 182 valence electrons. The normalized spacial score (nSPS) is 26.4. The van der Waals surface area contributed by atoms with E-state index in [2.05, 4.69) is 11.7 Å². The highest BCUT2D eigenvalue weighted by Gasteiger charge is 2.27. The molecule has 9 heteroatoms. The lowest BCUT2D eigenvalue weighted by Crippen LogP contribution is -2.32. The molecule has 2 heterocycles. The maximum Gasteiger partial charge on any atom is 0.387 e. The lowest BCUT2D eigenvalue weighted by molar-refractivity contribution is -0.208. The van der Waals surface area contributed by atoms with Gasteiger partial charge in [-0.1, -0.05) is 26.2 Å². The van der Waals surface area contributed by atoms with Crippen molar-refractivity contribution in [2.75, 3.05) is 26.4 Å². The molecule has 0 amide bonds. The molecule has 0 radical (unpaired) electrons. The first-order valence-electron chi connectivity index (χ1n) is 11.4. The molecule has 0 aliphatic carbocycles. The average molecular weight is 464 g/mol. The van der Waals surface area contributed by atoms with Crippen LogP contribution in [0.4, 0.5) is 17.6 Å². The quantitative estimate of drug-likeness (QED) is 0.298. The van der Waals surface area contributed by atoms with E-state index in [1.54, 1.807) is 0 Å². The van der Waals surface area contributed by atoms with Crippen LogP contribution in [-0.4, -0.2) is 39.3 Å². The molecular weight excluding hydrogens is 432 g/mol. The van der Waals surface area contributed by atoms with Gasteiger partial charge >= 0.3 is 6.61 Å². The first-order chi connectivity index (χ1) is 15.5. The zero-order valence-electron chi connectivity index (χ0n) is 18.4. The topological polar surface area (TPSA) is 46.2 Å². The number of rotatable bonds is 11. The Morgan fingerprint density at radius 1 is 0.844 bits per heavy atom. The number of unbranched alkanes of at least 4 members (excludes halogenated alkanes) is 2. The van der Waals surface area contributed by atoms with Gasteiger partial charge in [0.05, 0.1) is 26.4 Å². The van der Waals surface area contributed by atoms with Crippen molar-refractivity contribution < 1.29 is 41.2 Å². The molecule has 1 aromatic carbocycles. The summed E-state index contributed by atoms with van der Waals surface area (Å²) in [5, 5.41) is 0. The molecule has 0 bridgehead atoms. The molecule has 3 rings (SSSR count). The van der Waals surface area contributed by atoms with Crippen LogP contribution in [0.3, 0.4) is 0 Å². The molecule has 5 nitrogen and oxygen atoms in total. The van der Waals surface area contributed by atoms with Gasteiger partial charge in [-0.25, -0.2) is 8.78 Å². The minimum absolute atomic E-state index is 0.0869. The number of halogens is 4. The van der Waals surface area contributed by atoms with Gasteiger partial charge in [-0.2, -0.15) is 8.78 Å². The summed E-state index contributed by atoms with van der Waals surface area (Å²) in [6, 6.07) is 1.78. The van der Waals surface area contributed by atoms with Crippen molar-refractivity contribution in [1.82, 2.24) is 0 Å². The summed E-state index contributed by atoms with van der Waals surface area (Å²) in [5.74, 6) is -2.88. The Bertz CT molecular complexity index is 666. The van der Waals surface area contributed by atoms with Gasteiger partial charge in [0.25, 0.3) is 0 Å². The van der Waals surface area contributed by atoms with Crippen LogP contribution in [0.5, 0.6) is 5.75 Å². The predicted molar refractivity (Wildman–Crippen MR) is 108 cm³/mol. The second-order valence-corrected chi connectivity index (χ2v) is 8.45. The van der Waals surface area contributed by atoms with E-state index >= 15 is 0 Å². The van der Waals surface area contributed by atoms with Crippen LogP contribution in [0.1, 0.15) is 63.7 Å². The maximum atomic E-state index is 13.9. The predicted octanol–water partition coefficient (Wildman–Crippen LogP) is 5.97. The summed E-state index contributed by atoms with van der Waals surface area (Å²) < 4.78 is 79.0. The Morgan fingerprint density at radius 3 is 1.94 bits per heavy atom. The third kappa shape index (κ3) is 7.57. The first kappa shape index (κ1) is 25.2. The van der Waals surface area contributed by atoms with Gasteiger partial charge in [-0.15, -0.1) is 0 Å². The Morgan fingerprint density at radius 2 is 1.38 bits per heavy atom. The van der Waals surface area contributed by atoms with Gasteiger partial charge in [0, 0.05) is 17.4 Å². The molecule has 0 spiro atoms. The van der Waals surface area contributed by atoms with Crippen LogP contribution in [0, 0.1) is 23.5 Å². The molecule has 0 atom stereocenters. The first-order valence-corrected chi connectivity index (χ1v) is 11.4. The van der Waals surface area contributed by atoms with Crippen LogP contribution >= 0.6 is 0 Å². The molecular formula is C23H32F4O5. The third-order valence-corrected chi connectivity index (χ3v) is 5.77. The van der Waals surface area contributed by atoms with Crippen molar-refractivity contribution in [3.05, 3.63) is 29.3 Å². The Kier molecular flexibility index (Phi) is 10.0. The standard InChI is InChI=1S/C23H32F4O5/c1-2-3-6-15-11-28-20(29-12-15)8-5-4-7-16-13-30-22(31-14-16)17-9-18(24)21(19(25)10-17)32-23(26)27/h9-10,15-16,20,22-23H,2-8,11-14H2,1H3/t15-,16-,20-,22-. The van der Waals surface area contributed by atoms with Crippen molar-refractivity contribution in [1.29, 1.82) is 0 Å². The number of benzene rings is 1. The second-order valence-electron chi connectivity index (χ2n) is 8.45. The summed E-state index contributed by atoms with van der Waals surface area (Å²) in [7, 11) is 0. The zero-order chi connectivity index (χ0) is 22.9. The highest BCUT2D eigenvalue weighted by molar-refractivity contribution is 5.32. The van der Waals surface area contributed by atoms with E-state index < -0.39 is 30.3 Å². The van der Waals surface area contributed by atoms with Gasteiger partial charge < -0.3 is 23.7 Å². The molecule has 2 aliphatic rings. The fourth-order valence-corrected chi connectivity index (χ4v) is 3.97. The highest BCUT2D eigenvalue weighted by atomic mass is 19.3. The molecule has 32 heavy (non-hydrogen) atoms. The van der Waals surface area contributed by atoms with Gasteiger partial charge in [0.2, 0.25) is 0 Å². The fourth-order valence-electron chi connectivity index (χ4n) is 3.97. The van der Waals surface area contributed by atoms with E-state index in [-0.39, 0.29) is 17.8 Å². The number of hydrogen-bond donors (Lipinski definition) is 0. The van der Waals surface area contributed by atoms with Gasteiger partial charge in [-0.05, 0) is 37.8 Å². The van der Waals surface area contributed by atoms with E-state index in [1.165, 1.54) is 12.8 Å². The van der Waals surface area contributed by atoms with Crippen LogP contribution in [-0.2, 0) is 18.9 Å². The van der Waals surface area contributed by atoms with Gasteiger partial charge in [0.1, 0.15) is 0 Å². The number of ether oxygens (including phenoxy) is 5. The van der Waals surface area contributed by atoms with Crippen molar-refractivity contribution in [3.8, 4) is 5.75 Å². The van der Waals surface area contributed by atoms with E-state index in [9.17, 15) is 17.6 Å². The molecule has 0 unspecified atom stereocenters. The van der Waals surface area contributed by atoms with Gasteiger partial charge in [0.15, 0.2) is 30.0 Å². The smallest absolute Gasteiger partial charge is 0.387 e. The largest absolute Gasteiger partial charge is 0.429 e. The lowest BCUT2D eigenvalue weighted by atomic mass is 10.0. The minimum Gasteiger partial charge on any atom is -0.429 e. The summed E-state index contributed by atoms with van der Waals surface area (Å²) in [6.45, 7) is 1.18. The molecule has 2 saturated heterocycles. The lowest BCUT2D eigenvalue weighted by Gasteiger charge is -2.31. The Balaban J connectivity index is 1.33. The number of hydrogen-bond acceptors (Lipinski definition) is 5. The summed E-state index contributed by atoms with van der Waals surface area (Å²) in [5.41, 5.74) is 0.0869. The highest BCUT2D eigenvalue weighted by Crippen LogP contribution is 2.32. The maximum absolute atomic E-state index is 13.9. The molecule has 0 saturated carbocycles. The molecule has 2 aliphatic heterocycles. The van der Waals surface area contributed by atoms with Crippen molar-refractivity contribution >= 4 is 0 Å². The summed E-state index contributed by atoms with van der Waals surface area (Å²) >= 11 is 0. The van der Waals surface area contributed by atoms with Gasteiger partial charge in [-0.3, -0.25) is 0 Å². The SMILES string of the molecule is CCCC[C@H]1CO[C@H](CCCC[C@H]2CO[C@H](c3cc(F)c(OC(F)F)c(F)c3)OC2)OC1. The fraction of sp³-hybridized carbons (Fsp3) is 0.739. The van der Waals surface area contributed by atoms with E-state index in [1.807, 2.05) is 0 Å². The zero-order valence-corrected chi connectivity index (χ0v) is 18.4. The van der Waals surface area contributed by atoms with Crippen molar-refractivity contribution in [2.45, 2.75) is 71.1 Å². The monoisotopic (exact) mass is 464 g/mol. The third-order valence-electron chi connectivity index (χ3n) is 5.77. The average Bonchev–Trinajstić information content (AvgIpc) is 2.78. The van der Waals surface area contributed by atoms with Crippen LogP contribution in [0.15, 0.2) is 12.1 Å². The Labute approximate surface area is 186 Å². The molecule has 2 fully saturated rings. The van der Waals surface area contributed by atoms with E-state index in [4.69, 9.17) is 18.9 Å². The Hall–Kier alpha value is -1.42. The van der Waals surface area contributed by atoms with Crippen LogP contribution < -0.4 is 4.74 Å². The van der Waals surface area contributed by atoms with Crippen molar-refractivity contribution in [2.24, 2.45) is 11.8 Å². The molecule has 1 aromatic rings. The summed E-state index contributed by atoms with van der Waals surface area (Å²) in [4.78, 5) is 0. The van der Waals surface area contributed by atoms with Crippen LogP contribution in [0.25, 0.3) is 0 Å². The van der Waals surface area contributed by atoms with Crippen molar-refractivity contribution in [3.63, 3.8) is 0 Å². The van der Waals surface area contributed by atoms with E-state index in [0.717, 1.165) is 57.5 Å². The minimum atomic E-state index is -3.31. The second kappa shape index (κ2) is 12.7. The summed E-state index contributed by atoms with van der Waals surface area (Å²) in [6.07, 6.45) is 6.14. The number of alkyl halides is 2. The molecule has 0 aromatic heterocycles. The van der Waals surface area contributed by atoms with Crippen LogP contribution in [0.2, 0.25) is 0 Å².